The maximum Gasteiger partial charge on any atom is 0.247 e. The van der Waals surface area contributed by atoms with E-state index in [0.717, 1.165) is 29.5 Å². The third-order valence-corrected chi connectivity index (χ3v) is 9.87. The summed E-state index contributed by atoms with van der Waals surface area (Å²) in [7, 11) is 1.56. The molecule has 2 aliphatic carbocycles. The number of benzene rings is 3. The maximum atomic E-state index is 14.4. The minimum absolute atomic E-state index is 0.105. The van der Waals surface area contributed by atoms with Gasteiger partial charge in [0, 0.05) is 12.0 Å². The van der Waals surface area contributed by atoms with Gasteiger partial charge in [0.2, 0.25) is 11.8 Å². The number of carbonyl (C=O) groups is 2. The van der Waals surface area contributed by atoms with Crippen molar-refractivity contribution in [1.29, 1.82) is 0 Å². The summed E-state index contributed by atoms with van der Waals surface area (Å²) in [4.78, 5) is 28.2. The molecule has 0 aliphatic heterocycles. The number of anilines is 1. The molecule has 0 bridgehead atoms. The number of para-hydroxylation sites is 2. The Morgan fingerprint density at radius 2 is 1.74 bits per heavy atom. The number of nitrogens with one attached hydrogen (secondary N) is 2. The fourth-order valence-electron chi connectivity index (χ4n) is 7.32. The average Bonchev–Trinajstić information content (AvgIpc) is 3.01. The molecule has 0 spiro atoms. The number of rotatable bonds is 8. The lowest BCUT2D eigenvalue weighted by Gasteiger charge is -2.54. The molecular formula is C36H43N3O4. The minimum Gasteiger partial charge on any atom is -0.495 e. The topological polar surface area (TPSA) is 100 Å². The molecule has 0 radical (unpaired) electrons. The Labute approximate surface area is 254 Å². The normalized spacial score (nSPS) is 24.5. The van der Waals surface area contributed by atoms with Gasteiger partial charge in [0.05, 0.1) is 23.9 Å². The number of hydrogen-bond acceptors (Lipinski definition) is 5. The zero-order chi connectivity index (χ0) is 30.8. The van der Waals surface area contributed by atoms with Crippen molar-refractivity contribution in [1.82, 2.24) is 5.32 Å². The fraction of sp³-hybridized carbons (Fsp3) is 0.417. The van der Waals surface area contributed by atoms with E-state index in [0.29, 0.717) is 42.3 Å². The Morgan fingerprint density at radius 1 is 1.02 bits per heavy atom. The molecule has 1 fully saturated rings. The second kappa shape index (κ2) is 12.2. The van der Waals surface area contributed by atoms with Crippen molar-refractivity contribution in [3.63, 3.8) is 0 Å². The summed E-state index contributed by atoms with van der Waals surface area (Å²) in [6.45, 7) is 8.58. The summed E-state index contributed by atoms with van der Waals surface area (Å²) in [5, 5.41) is 20.0. The third kappa shape index (κ3) is 5.77. The SMILES string of the molecule is COc1ccccc1NC(=O)[C@H](Cc1ccccc1)NC(=O)[C@]1(C)CCC[C@]2(C)c3ccc(C(C)C)cc3/C(=N\O)C[C@@H]12. The Morgan fingerprint density at radius 3 is 2.44 bits per heavy atom. The van der Waals surface area contributed by atoms with Crippen LogP contribution in [-0.2, 0) is 21.4 Å². The Balaban J connectivity index is 1.47. The molecule has 0 unspecified atom stereocenters. The molecule has 3 aromatic carbocycles. The quantitative estimate of drug-likeness (QED) is 0.201. The van der Waals surface area contributed by atoms with Gasteiger partial charge in [0.15, 0.2) is 0 Å². The number of ether oxygens (including phenoxy) is 1. The highest BCUT2D eigenvalue weighted by molar-refractivity contribution is 6.04. The smallest absolute Gasteiger partial charge is 0.247 e. The Hall–Kier alpha value is -4.13. The predicted octanol–water partition coefficient (Wildman–Crippen LogP) is 6.83. The van der Waals surface area contributed by atoms with E-state index in [2.05, 4.69) is 54.8 Å². The number of oxime groups is 1. The average molecular weight is 582 g/mol. The second-order valence-electron chi connectivity index (χ2n) is 12.9. The predicted molar refractivity (Wildman–Crippen MR) is 170 cm³/mol. The molecule has 3 aromatic rings. The molecule has 5 rings (SSSR count). The standard InChI is InChI=1S/C36H43N3O4/c1-23(2)25-16-17-27-26(21-25)29(39-42)22-32-35(27,3)18-11-19-36(32,4)34(41)38-30(20-24-12-7-6-8-13-24)33(40)37-28-14-9-10-15-31(28)43-5/h6-10,12-17,21,23,30,32,42H,11,18-20,22H2,1-5H3,(H,37,40)(H,38,41)/b39-29-/t30-,32+,35+,36+/m0/s1. The molecule has 1 saturated carbocycles. The summed E-state index contributed by atoms with van der Waals surface area (Å²) in [6, 6.07) is 22.6. The second-order valence-corrected chi connectivity index (χ2v) is 12.9. The molecule has 7 nitrogen and oxygen atoms in total. The van der Waals surface area contributed by atoms with Gasteiger partial charge in [0.25, 0.3) is 0 Å². The summed E-state index contributed by atoms with van der Waals surface area (Å²) in [5.41, 5.74) is 4.37. The van der Waals surface area contributed by atoms with Crippen LogP contribution in [0.2, 0.25) is 0 Å². The van der Waals surface area contributed by atoms with Gasteiger partial charge >= 0.3 is 0 Å². The Bertz CT molecular complexity index is 1520. The molecule has 7 heteroatoms. The van der Waals surface area contributed by atoms with E-state index in [9.17, 15) is 14.8 Å². The van der Waals surface area contributed by atoms with Crippen molar-refractivity contribution in [3.8, 4) is 5.75 Å². The van der Waals surface area contributed by atoms with Crippen LogP contribution in [-0.4, -0.2) is 35.9 Å². The number of fused-ring (bicyclic) bond motifs is 3. The van der Waals surface area contributed by atoms with Crippen molar-refractivity contribution >= 4 is 23.2 Å². The van der Waals surface area contributed by atoms with Gasteiger partial charge < -0.3 is 20.6 Å². The van der Waals surface area contributed by atoms with Gasteiger partial charge in [-0.2, -0.15) is 0 Å². The third-order valence-electron chi connectivity index (χ3n) is 9.87. The molecule has 0 aromatic heterocycles. The molecule has 2 amide bonds. The van der Waals surface area contributed by atoms with Crippen LogP contribution in [0.4, 0.5) is 5.69 Å². The number of amides is 2. The van der Waals surface area contributed by atoms with E-state index in [1.807, 2.05) is 49.4 Å². The van der Waals surface area contributed by atoms with Crippen molar-refractivity contribution in [2.24, 2.45) is 16.5 Å². The van der Waals surface area contributed by atoms with Gasteiger partial charge in [-0.3, -0.25) is 9.59 Å². The zero-order valence-corrected chi connectivity index (χ0v) is 25.8. The van der Waals surface area contributed by atoms with Crippen LogP contribution < -0.4 is 15.4 Å². The fourth-order valence-corrected chi connectivity index (χ4v) is 7.32. The molecule has 2 aliphatic rings. The van der Waals surface area contributed by atoms with Crippen LogP contribution >= 0.6 is 0 Å². The lowest BCUT2D eigenvalue weighted by molar-refractivity contribution is -0.140. The van der Waals surface area contributed by atoms with E-state index in [1.54, 1.807) is 19.2 Å². The minimum atomic E-state index is -0.805. The van der Waals surface area contributed by atoms with Gasteiger partial charge in [-0.05, 0) is 71.4 Å². The summed E-state index contributed by atoms with van der Waals surface area (Å²) in [6.07, 6.45) is 3.33. The molecule has 0 saturated heterocycles. The highest BCUT2D eigenvalue weighted by Gasteiger charge is 2.56. The van der Waals surface area contributed by atoms with Crippen LogP contribution in [0, 0.1) is 11.3 Å². The van der Waals surface area contributed by atoms with E-state index in [1.165, 1.54) is 5.56 Å². The number of methoxy groups -OCH3 is 1. The lowest BCUT2D eigenvalue weighted by atomic mass is 9.49. The Kier molecular flexibility index (Phi) is 8.63. The molecule has 3 N–H and O–H groups in total. The van der Waals surface area contributed by atoms with E-state index < -0.39 is 11.5 Å². The first kappa shape index (κ1) is 30.3. The highest BCUT2D eigenvalue weighted by Crippen LogP contribution is 2.57. The zero-order valence-electron chi connectivity index (χ0n) is 25.8. The maximum absolute atomic E-state index is 14.4. The van der Waals surface area contributed by atoms with Crippen LogP contribution in [0.15, 0.2) is 78.0 Å². The van der Waals surface area contributed by atoms with Crippen LogP contribution in [0.5, 0.6) is 5.75 Å². The highest BCUT2D eigenvalue weighted by atomic mass is 16.5. The van der Waals surface area contributed by atoms with E-state index >= 15 is 0 Å². The first-order valence-electron chi connectivity index (χ1n) is 15.2. The number of hydrogen-bond donors (Lipinski definition) is 3. The summed E-state index contributed by atoms with van der Waals surface area (Å²) < 4.78 is 5.44. The van der Waals surface area contributed by atoms with E-state index in [-0.39, 0.29) is 23.1 Å². The summed E-state index contributed by atoms with van der Waals surface area (Å²) >= 11 is 0. The summed E-state index contributed by atoms with van der Waals surface area (Å²) in [5.74, 6) is 0.331. The first-order valence-corrected chi connectivity index (χ1v) is 15.2. The van der Waals surface area contributed by atoms with Crippen LogP contribution in [0.3, 0.4) is 0 Å². The largest absolute Gasteiger partial charge is 0.495 e. The molecule has 4 atom stereocenters. The molecule has 226 valence electrons. The van der Waals surface area contributed by atoms with Crippen molar-refractivity contribution in [3.05, 3.63) is 95.1 Å². The van der Waals surface area contributed by atoms with Crippen molar-refractivity contribution in [2.45, 2.75) is 77.2 Å². The monoisotopic (exact) mass is 581 g/mol. The lowest BCUT2D eigenvalue weighted by Crippen LogP contribution is -2.58. The van der Waals surface area contributed by atoms with E-state index in [4.69, 9.17) is 4.74 Å². The molecular weight excluding hydrogens is 538 g/mol. The first-order chi connectivity index (χ1) is 20.6. The van der Waals surface area contributed by atoms with Crippen LogP contribution in [0.25, 0.3) is 0 Å². The number of nitrogens with zero attached hydrogens (tertiary/aromatic N) is 1. The molecule has 0 heterocycles. The van der Waals surface area contributed by atoms with Gasteiger partial charge in [0.1, 0.15) is 11.8 Å². The van der Waals surface area contributed by atoms with Crippen molar-refractivity contribution in [2.75, 3.05) is 12.4 Å². The van der Waals surface area contributed by atoms with Gasteiger partial charge in [-0.25, -0.2) is 0 Å². The van der Waals surface area contributed by atoms with Gasteiger partial charge in [-0.15, -0.1) is 0 Å². The van der Waals surface area contributed by atoms with Gasteiger partial charge in [-0.1, -0.05) is 93.9 Å². The van der Waals surface area contributed by atoms with Crippen LogP contribution in [0.1, 0.15) is 81.5 Å². The van der Waals surface area contributed by atoms with Crippen molar-refractivity contribution < 1.29 is 19.5 Å². The number of carbonyl (C=O) groups excluding carboxylic acids is 2. The molecule has 43 heavy (non-hydrogen) atoms.